The third kappa shape index (κ3) is 2.75. The molecule has 0 radical (unpaired) electrons. The molecular weight excluding hydrogens is 262 g/mol. The van der Waals surface area contributed by atoms with Crippen LogP contribution in [0.3, 0.4) is 0 Å². The van der Waals surface area contributed by atoms with Crippen LogP contribution in [0.2, 0.25) is 4.34 Å². The van der Waals surface area contributed by atoms with Crippen molar-refractivity contribution in [1.82, 2.24) is 14.5 Å². The van der Waals surface area contributed by atoms with Gasteiger partial charge in [-0.25, -0.2) is 0 Å². The SMILES string of the molecule is CC1(C(=O)O)CCCN(Cc2nnsc2Cl)C1. The second kappa shape index (κ2) is 4.88. The Hall–Kier alpha value is -0.720. The molecule has 1 aromatic heterocycles. The molecule has 5 nitrogen and oxygen atoms in total. The van der Waals surface area contributed by atoms with Crippen LogP contribution in [0, 0.1) is 5.41 Å². The van der Waals surface area contributed by atoms with Crippen molar-refractivity contribution >= 4 is 29.1 Å². The van der Waals surface area contributed by atoms with Crippen molar-refractivity contribution in [3.8, 4) is 0 Å². The van der Waals surface area contributed by atoms with Gasteiger partial charge in [0, 0.05) is 24.6 Å². The number of likely N-dealkylation sites (tertiary alicyclic amines) is 1. The summed E-state index contributed by atoms with van der Waals surface area (Å²) in [7, 11) is 0. The van der Waals surface area contributed by atoms with Crippen molar-refractivity contribution < 1.29 is 9.90 Å². The van der Waals surface area contributed by atoms with Crippen molar-refractivity contribution in [1.29, 1.82) is 0 Å². The second-order valence-corrected chi connectivity index (χ2v) is 6.03. The Kier molecular flexibility index (Phi) is 3.65. The van der Waals surface area contributed by atoms with Crippen molar-refractivity contribution in [3.05, 3.63) is 10.0 Å². The van der Waals surface area contributed by atoms with E-state index in [0.29, 0.717) is 17.4 Å². The number of rotatable bonds is 3. The summed E-state index contributed by atoms with van der Waals surface area (Å²) in [5, 5.41) is 13.2. The first kappa shape index (κ1) is 12.7. The molecule has 0 aromatic carbocycles. The minimum Gasteiger partial charge on any atom is -0.481 e. The molecule has 1 aliphatic rings. The van der Waals surface area contributed by atoms with Crippen LogP contribution >= 0.6 is 23.1 Å². The van der Waals surface area contributed by atoms with Crippen molar-refractivity contribution in [3.63, 3.8) is 0 Å². The van der Waals surface area contributed by atoms with Crippen LogP contribution in [0.1, 0.15) is 25.5 Å². The summed E-state index contributed by atoms with van der Waals surface area (Å²) >= 11 is 7.10. The van der Waals surface area contributed by atoms with Crippen molar-refractivity contribution in [2.45, 2.75) is 26.3 Å². The van der Waals surface area contributed by atoms with Gasteiger partial charge in [0.05, 0.1) is 5.41 Å². The lowest BCUT2D eigenvalue weighted by atomic mass is 9.82. The first-order valence-corrected chi connectivity index (χ1v) is 6.59. The van der Waals surface area contributed by atoms with E-state index in [1.54, 1.807) is 6.92 Å². The Labute approximate surface area is 109 Å². The molecule has 1 aliphatic heterocycles. The Balaban J connectivity index is 2.03. The molecule has 2 heterocycles. The van der Waals surface area contributed by atoms with E-state index in [0.717, 1.165) is 36.6 Å². The fourth-order valence-electron chi connectivity index (χ4n) is 2.16. The summed E-state index contributed by atoms with van der Waals surface area (Å²) in [5.74, 6) is -0.732. The lowest BCUT2D eigenvalue weighted by Crippen LogP contribution is -2.45. The Morgan fingerprint density at radius 1 is 1.71 bits per heavy atom. The van der Waals surface area contributed by atoms with Crippen molar-refractivity contribution in [2.75, 3.05) is 13.1 Å². The maximum Gasteiger partial charge on any atom is 0.310 e. The van der Waals surface area contributed by atoms with Crippen LogP contribution < -0.4 is 0 Å². The lowest BCUT2D eigenvalue weighted by molar-refractivity contribution is -0.151. The maximum atomic E-state index is 11.2. The van der Waals surface area contributed by atoms with Gasteiger partial charge in [-0.15, -0.1) is 5.10 Å². The number of hydrogen-bond acceptors (Lipinski definition) is 5. The Morgan fingerprint density at radius 3 is 3.06 bits per heavy atom. The number of aromatic nitrogens is 2. The minimum atomic E-state index is -0.732. The predicted molar refractivity (Wildman–Crippen MR) is 65.2 cm³/mol. The summed E-state index contributed by atoms with van der Waals surface area (Å²) in [6.07, 6.45) is 1.61. The largest absolute Gasteiger partial charge is 0.481 e. The van der Waals surface area contributed by atoms with Gasteiger partial charge in [-0.1, -0.05) is 16.1 Å². The highest BCUT2D eigenvalue weighted by molar-refractivity contribution is 7.10. The fraction of sp³-hybridized carbons (Fsp3) is 0.700. The van der Waals surface area contributed by atoms with Gasteiger partial charge in [0.15, 0.2) is 0 Å². The van der Waals surface area contributed by atoms with Crippen molar-refractivity contribution in [2.24, 2.45) is 5.41 Å². The molecule has 1 aromatic rings. The fourth-order valence-corrected chi connectivity index (χ4v) is 2.77. The first-order chi connectivity index (χ1) is 8.01. The van der Waals surface area contributed by atoms with E-state index in [1.165, 1.54) is 0 Å². The first-order valence-electron chi connectivity index (χ1n) is 5.44. The molecule has 1 fully saturated rings. The zero-order valence-corrected chi connectivity index (χ0v) is 11.1. The molecule has 2 rings (SSSR count). The van der Waals surface area contributed by atoms with E-state index in [4.69, 9.17) is 11.6 Å². The summed E-state index contributed by atoms with van der Waals surface area (Å²) in [6.45, 7) is 3.80. The molecule has 0 saturated carbocycles. The molecular formula is C10H14ClN3O2S. The van der Waals surface area contributed by atoms with E-state index in [9.17, 15) is 9.90 Å². The van der Waals surface area contributed by atoms with Gasteiger partial charge in [-0.3, -0.25) is 9.69 Å². The number of carboxylic acid groups (broad SMARTS) is 1. The van der Waals surface area contributed by atoms with Crippen LogP contribution in [0.4, 0.5) is 0 Å². The molecule has 1 saturated heterocycles. The number of carbonyl (C=O) groups is 1. The van der Waals surface area contributed by atoms with Gasteiger partial charge in [0.25, 0.3) is 0 Å². The number of halogens is 1. The summed E-state index contributed by atoms with van der Waals surface area (Å²) in [5.41, 5.74) is 0.0834. The third-order valence-corrected chi connectivity index (χ3v) is 4.16. The lowest BCUT2D eigenvalue weighted by Gasteiger charge is -2.37. The van der Waals surface area contributed by atoms with E-state index in [-0.39, 0.29) is 0 Å². The highest BCUT2D eigenvalue weighted by atomic mass is 35.5. The number of aliphatic carboxylic acids is 1. The van der Waals surface area contributed by atoms with Crippen LogP contribution in [-0.4, -0.2) is 38.7 Å². The van der Waals surface area contributed by atoms with Crippen LogP contribution in [-0.2, 0) is 11.3 Å². The molecule has 7 heteroatoms. The number of carboxylic acids is 1. The zero-order valence-electron chi connectivity index (χ0n) is 9.52. The van der Waals surface area contributed by atoms with E-state index in [2.05, 4.69) is 14.5 Å². The second-order valence-electron chi connectivity index (χ2n) is 4.67. The van der Waals surface area contributed by atoms with Gasteiger partial charge in [-0.05, 0) is 26.3 Å². The van der Waals surface area contributed by atoms with E-state index in [1.807, 2.05) is 0 Å². The van der Waals surface area contributed by atoms with Crippen LogP contribution in [0.15, 0.2) is 0 Å². The van der Waals surface area contributed by atoms with Gasteiger partial charge < -0.3 is 5.11 Å². The highest BCUT2D eigenvalue weighted by Gasteiger charge is 2.37. The monoisotopic (exact) mass is 275 g/mol. The normalized spacial score (nSPS) is 26.0. The van der Waals surface area contributed by atoms with E-state index < -0.39 is 11.4 Å². The Bertz CT molecular complexity index is 425. The summed E-state index contributed by atoms with van der Waals surface area (Å²) < 4.78 is 4.37. The molecule has 0 bridgehead atoms. The maximum absolute atomic E-state index is 11.2. The third-order valence-electron chi connectivity index (χ3n) is 3.17. The molecule has 1 unspecified atom stereocenters. The Morgan fingerprint density at radius 2 is 2.47 bits per heavy atom. The van der Waals surface area contributed by atoms with Gasteiger partial charge in [0.1, 0.15) is 10.0 Å². The van der Waals surface area contributed by atoms with Crippen LogP contribution in [0.5, 0.6) is 0 Å². The van der Waals surface area contributed by atoms with Gasteiger partial charge in [0.2, 0.25) is 0 Å². The molecule has 94 valence electrons. The summed E-state index contributed by atoms with van der Waals surface area (Å²) in [4.78, 5) is 13.3. The molecule has 0 spiro atoms. The zero-order chi connectivity index (χ0) is 12.5. The number of nitrogens with zero attached hydrogens (tertiary/aromatic N) is 3. The van der Waals surface area contributed by atoms with Gasteiger partial charge in [-0.2, -0.15) is 0 Å². The molecule has 1 N–H and O–H groups in total. The van der Waals surface area contributed by atoms with Crippen LogP contribution in [0.25, 0.3) is 0 Å². The number of piperidine rings is 1. The average molecular weight is 276 g/mol. The predicted octanol–water partition coefficient (Wildman–Crippen LogP) is 1.88. The molecule has 17 heavy (non-hydrogen) atoms. The number of hydrogen-bond donors (Lipinski definition) is 1. The standard InChI is InChI=1S/C10H14ClN3O2S/c1-10(9(15)16)3-2-4-14(6-10)5-7-8(11)17-13-12-7/h2-6H2,1H3,(H,15,16). The minimum absolute atomic E-state index is 0.538. The molecule has 1 atom stereocenters. The topological polar surface area (TPSA) is 66.3 Å². The van der Waals surface area contributed by atoms with E-state index >= 15 is 0 Å². The molecule has 0 aliphatic carbocycles. The van der Waals surface area contributed by atoms with Gasteiger partial charge >= 0.3 is 5.97 Å². The summed E-state index contributed by atoms with van der Waals surface area (Å²) in [6, 6.07) is 0. The average Bonchev–Trinajstić information content (AvgIpc) is 2.64. The quantitative estimate of drug-likeness (QED) is 0.912. The highest BCUT2D eigenvalue weighted by Crippen LogP contribution is 2.31. The molecule has 0 amide bonds. The smallest absolute Gasteiger partial charge is 0.310 e.